The number of hydrogen-bond donors (Lipinski definition) is 1. The van der Waals surface area contributed by atoms with Crippen LogP contribution < -0.4 is 5.06 Å². The fourth-order valence-corrected chi connectivity index (χ4v) is 1.39. The van der Waals surface area contributed by atoms with Crippen molar-refractivity contribution >= 4 is 0 Å². The molecular weight excluding hydrogens is 150 g/mol. The second kappa shape index (κ2) is 7.56. The van der Waals surface area contributed by atoms with Gasteiger partial charge in [-0.2, -0.15) is 0 Å². The number of nitrogens with one attached hydrogen (secondary N) is 1. The SMILES string of the molecule is CCCCCCC(C)[NH+]([O-])CC. The first kappa shape index (κ1) is 11.9. The van der Waals surface area contributed by atoms with E-state index < -0.39 is 0 Å². The van der Waals surface area contributed by atoms with Crippen LogP contribution >= 0.6 is 0 Å². The Morgan fingerprint density at radius 1 is 1.17 bits per heavy atom. The first-order chi connectivity index (χ1) is 5.72. The van der Waals surface area contributed by atoms with Crippen LogP contribution in [0, 0.1) is 5.21 Å². The van der Waals surface area contributed by atoms with Crippen molar-refractivity contribution in [3.63, 3.8) is 0 Å². The molecule has 0 saturated carbocycles. The lowest BCUT2D eigenvalue weighted by molar-refractivity contribution is -0.871. The van der Waals surface area contributed by atoms with Gasteiger partial charge in [-0.3, -0.25) is 0 Å². The van der Waals surface area contributed by atoms with E-state index in [1.807, 2.05) is 6.92 Å². The zero-order valence-electron chi connectivity index (χ0n) is 8.73. The van der Waals surface area contributed by atoms with Crippen molar-refractivity contribution in [3.05, 3.63) is 5.21 Å². The number of rotatable bonds is 7. The quantitative estimate of drug-likeness (QED) is 0.461. The van der Waals surface area contributed by atoms with Crippen molar-refractivity contribution < 1.29 is 5.06 Å². The molecule has 0 bridgehead atoms. The van der Waals surface area contributed by atoms with Crippen molar-refractivity contribution in [2.45, 2.75) is 58.9 Å². The van der Waals surface area contributed by atoms with Crippen molar-refractivity contribution in [3.8, 4) is 0 Å². The second-order valence-corrected chi connectivity index (χ2v) is 3.57. The number of quaternary nitrogens is 1. The van der Waals surface area contributed by atoms with Gasteiger partial charge in [-0.1, -0.05) is 26.2 Å². The Morgan fingerprint density at radius 3 is 2.33 bits per heavy atom. The molecule has 74 valence electrons. The summed E-state index contributed by atoms with van der Waals surface area (Å²) in [6, 6.07) is 0.298. The summed E-state index contributed by atoms with van der Waals surface area (Å²) in [5.41, 5.74) is 0. The topological polar surface area (TPSA) is 27.5 Å². The van der Waals surface area contributed by atoms with Crippen LogP contribution in [0.5, 0.6) is 0 Å². The molecule has 2 unspecified atom stereocenters. The molecule has 0 heterocycles. The lowest BCUT2D eigenvalue weighted by atomic mass is 10.1. The van der Waals surface area contributed by atoms with Crippen LogP contribution in [0.4, 0.5) is 0 Å². The highest BCUT2D eigenvalue weighted by molar-refractivity contribution is 4.49. The smallest absolute Gasteiger partial charge is 0.0843 e. The Labute approximate surface area is 76.5 Å². The Morgan fingerprint density at radius 2 is 1.83 bits per heavy atom. The molecule has 0 aliphatic carbocycles. The average molecular weight is 173 g/mol. The first-order valence-electron chi connectivity index (χ1n) is 5.25. The van der Waals surface area contributed by atoms with Gasteiger partial charge in [0.25, 0.3) is 0 Å². The van der Waals surface area contributed by atoms with Crippen molar-refractivity contribution in [2.24, 2.45) is 0 Å². The average Bonchev–Trinajstić information content (AvgIpc) is 2.10. The van der Waals surface area contributed by atoms with E-state index in [9.17, 15) is 5.21 Å². The standard InChI is InChI=1S/C10H23NO/c1-4-6-7-8-9-10(3)11(12)5-2/h10-11H,4-9H2,1-3H3. The van der Waals surface area contributed by atoms with Gasteiger partial charge < -0.3 is 10.3 Å². The van der Waals surface area contributed by atoms with E-state index in [4.69, 9.17) is 0 Å². The van der Waals surface area contributed by atoms with E-state index in [-0.39, 0.29) is 0 Å². The maximum absolute atomic E-state index is 11.2. The van der Waals surface area contributed by atoms with E-state index in [1.165, 1.54) is 25.7 Å². The monoisotopic (exact) mass is 173 g/mol. The largest absolute Gasteiger partial charge is 0.634 e. The lowest BCUT2D eigenvalue weighted by Gasteiger charge is -2.27. The molecule has 0 aromatic heterocycles. The Bertz CT molecular complexity index is 95.8. The molecule has 1 N–H and O–H groups in total. The van der Waals surface area contributed by atoms with Gasteiger partial charge in [0.1, 0.15) is 0 Å². The molecule has 0 aliphatic rings. The Kier molecular flexibility index (Phi) is 7.51. The van der Waals surface area contributed by atoms with E-state index >= 15 is 0 Å². The van der Waals surface area contributed by atoms with Crippen LogP contribution in [0.25, 0.3) is 0 Å². The normalized spacial score (nSPS) is 16.0. The number of unbranched alkanes of at least 4 members (excludes halogenated alkanes) is 3. The van der Waals surface area contributed by atoms with Crippen molar-refractivity contribution in [1.29, 1.82) is 0 Å². The summed E-state index contributed by atoms with van der Waals surface area (Å²) in [4.78, 5) is 0. The molecule has 0 amide bonds. The second-order valence-electron chi connectivity index (χ2n) is 3.57. The number of hydrogen-bond acceptors (Lipinski definition) is 1. The third-order valence-electron chi connectivity index (χ3n) is 2.39. The minimum absolute atomic E-state index is 0.298. The zero-order chi connectivity index (χ0) is 9.40. The van der Waals surface area contributed by atoms with Gasteiger partial charge in [0.15, 0.2) is 0 Å². The zero-order valence-corrected chi connectivity index (χ0v) is 8.73. The third-order valence-corrected chi connectivity index (χ3v) is 2.39. The fraction of sp³-hybridized carbons (Fsp3) is 1.00. The molecule has 0 fully saturated rings. The molecule has 0 aromatic carbocycles. The number of hydroxylamine groups is 2. The highest BCUT2D eigenvalue weighted by Gasteiger charge is 2.05. The van der Waals surface area contributed by atoms with E-state index in [2.05, 4.69) is 13.8 Å². The third kappa shape index (κ3) is 5.56. The summed E-state index contributed by atoms with van der Waals surface area (Å²) in [6.45, 7) is 6.91. The van der Waals surface area contributed by atoms with Crippen LogP contribution in [0.15, 0.2) is 0 Å². The molecule has 2 atom stereocenters. The van der Waals surface area contributed by atoms with Gasteiger partial charge in [-0.25, -0.2) is 0 Å². The maximum atomic E-state index is 11.2. The summed E-state index contributed by atoms with van der Waals surface area (Å²) < 4.78 is 0. The van der Waals surface area contributed by atoms with Gasteiger partial charge in [0, 0.05) is 0 Å². The fourth-order valence-electron chi connectivity index (χ4n) is 1.39. The van der Waals surface area contributed by atoms with Crippen molar-refractivity contribution in [1.82, 2.24) is 0 Å². The molecule has 0 spiro atoms. The predicted molar refractivity (Wildman–Crippen MR) is 53.1 cm³/mol. The van der Waals surface area contributed by atoms with Gasteiger partial charge in [-0.15, -0.1) is 0 Å². The van der Waals surface area contributed by atoms with Crippen LogP contribution in [-0.2, 0) is 0 Å². The van der Waals surface area contributed by atoms with E-state index in [0.717, 1.165) is 6.42 Å². The summed E-state index contributed by atoms with van der Waals surface area (Å²) in [5, 5.41) is 11.6. The maximum Gasteiger partial charge on any atom is 0.0843 e. The summed E-state index contributed by atoms with van der Waals surface area (Å²) in [7, 11) is 0. The van der Waals surface area contributed by atoms with E-state index in [1.54, 1.807) is 0 Å². The van der Waals surface area contributed by atoms with Crippen LogP contribution in [0.1, 0.15) is 52.9 Å². The van der Waals surface area contributed by atoms with Crippen molar-refractivity contribution in [2.75, 3.05) is 6.54 Å². The molecule has 2 nitrogen and oxygen atoms in total. The van der Waals surface area contributed by atoms with Crippen LogP contribution in [0.2, 0.25) is 0 Å². The summed E-state index contributed by atoms with van der Waals surface area (Å²) in [6.07, 6.45) is 6.19. The molecule has 0 aliphatic heterocycles. The van der Waals surface area contributed by atoms with Crippen LogP contribution in [0.3, 0.4) is 0 Å². The molecular formula is C10H23NO. The highest BCUT2D eigenvalue weighted by Crippen LogP contribution is 2.03. The highest BCUT2D eigenvalue weighted by atomic mass is 16.5. The molecule has 0 radical (unpaired) electrons. The summed E-state index contributed by atoms with van der Waals surface area (Å²) >= 11 is 0. The molecule has 0 rings (SSSR count). The molecule has 2 heteroatoms. The molecule has 0 aromatic rings. The molecule has 12 heavy (non-hydrogen) atoms. The first-order valence-corrected chi connectivity index (χ1v) is 5.25. The lowest BCUT2D eigenvalue weighted by Crippen LogP contribution is -3.10. The van der Waals surface area contributed by atoms with E-state index in [0.29, 0.717) is 17.6 Å². The van der Waals surface area contributed by atoms with Crippen LogP contribution in [-0.4, -0.2) is 12.6 Å². The minimum Gasteiger partial charge on any atom is -0.634 e. The molecule has 0 saturated heterocycles. The summed E-state index contributed by atoms with van der Waals surface area (Å²) in [5.74, 6) is 0. The Hall–Kier alpha value is -0.0800. The van der Waals surface area contributed by atoms with Gasteiger partial charge in [-0.05, 0) is 26.7 Å². The van der Waals surface area contributed by atoms with Gasteiger partial charge >= 0.3 is 0 Å². The van der Waals surface area contributed by atoms with Gasteiger partial charge in [0.2, 0.25) is 0 Å². The Balaban J connectivity index is 3.24. The minimum atomic E-state index is 0.298. The predicted octanol–water partition coefficient (Wildman–Crippen LogP) is 1.75. The van der Waals surface area contributed by atoms with Gasteiger partial charge in [0.05, 0.1) is 12.6 Å².